The Balaban J connectivity index is 2.32. The number of hydrogen-bond donors (Lipinski definition) is 2. The van der Waals surface area contributed by atoms with Gasteiger partial charge >= 0.3 is 0 Å². The lowest BCUT2D eigenvalue weighted by molar-refractivity contribution is -0.757. The second-order valence-electron chi connectivity index (χ2n) is 2.60. The molecule has 0 unspecified atom stereocenters. The number of hydrogen-bond acceptors (Lipinski definition) is 7. The maximum atomic E-state index is 11.4. The number of aromatic nitrogens is 1. The highest BCUT2D eigenvalue weighted by Gasteiger charge is 2.09. The summed E-state index contributed by atoms with van der Waals surface area (Å²) < 4.78 is 0. The van der Waals surface area contributed by atoms with Gasteiger partial charge in [0.25, 0.3) is 11.0 Å². The molecular formula is C7H10N4O4S. The van der Waals surface area contributed by atoms with Crippen LogP contribution >= 0.6 is 11.3 Å². The highest BCUT2D eigenvalue weighted by Crippen LogP contribution is 2.13. The van der Waals surface area contributed by atoms with E-state index in [1.165, 1.54) is 11.3 Å². The van der Waals surface area contributed by atoms with Crippen LogP contribution in [0, 0.1) is 10.1 Å². The van der Waals surface area contributed by atoms with Crippen LogP contribution in [-0.4, -0.2) is 36.2 Å². The molecule has 0 aromatic carbocycles. The molecule has 1 aromatic heterocycles. The molecule has 0 aliphatic carbocycles. The molecule has 0 fully saturated rings. The molecular weight excluding hydrogens is 236 g/mol. The van der Waals surface area contributed by atoms with Gasteiger partial charge in [-0.25, -0.2) is 4.98 Å². The molecule has 1 heterocycles. The van der Waals surface area contributed by atoms with E-state index >= 15 is 0 Å². The zero-order valence-corrected chi connectivity index (χ0v) is 9.24. The fourth-order valence-corrected chi connectivity index (χ4v) is 1.52. The van der Waals surface area contributed by atoms with E-state index in [0.717, 1.165) is 0 Å². The van der Waals surface area contributed by atoms with E-state index in [0.29, 0.717) is 5.13 Å². The first-order valence-electron chi connectivity index (χ1n) is 4.32. The Bertz CT molecular complexity index is 380. The average Bonchev–Trinajstić information content (AvgIpc) is 2.72. The van der Waals surface area contributed by atoms with Crippen LogP contribution in [0.3, 0.4) is 0 Å². The molecule has 2 N–H and O–H groups in total. The monoisotopic (exact) mass is 246 g/mol. The van der Waals surface area contributed by atoms with Gasteiger partial charge in [-0.15, -0.1) is 21.5 Å². The third-order valence-corrected chi connectivity index (χ3v) is 2.39. The molecule has 8 nitrogen and oxygen atoms in total. The smallest absolute Gasteiger partial charge is 0.294 e. The number of rotatable bonds is 6. The van der Waals surface area contributed by atoms with Crippen LogP contribution in [-0.2, 0) is 4.84 Å². The summed E-state index contributed by atoms with van der Waals surface area (Å²) in [7, 11) is 1.70. The van der Waals surface area contributed by atoms with Gasteiger partial charge in [-0.2, -0.15) is 0 Å². The van der Waals surface area contributed by atoms with Gasteiger partial charge in [-0.3, -0.25) is 4.79 Å². The zero-order valence-electron chi connectivity index (χ0n) is 8.43. The molecule has 0 aliphatic rings. The summed E-state index contributed by atoms with van der Waals surface area (Å²) in [6, 6.07) is 0. The fourth-order valence-electron chi connectivity index (χ4n) is 0.868. The molecule has 0 radical (unpaired) electrons. The normalized spacial score (nSPS) is 9.56. The lowest BCUT2D eigenvalue weighted by Crippen LogP contribution is -2.28. The van der Waals surface area contributed by atoms with E-state index in [1.807, 2.05) is 0 Å². The second-order valence-corrected chi connectivity index (χ2v) is 3.46. The van der Waals surface area contributed by atoms with Crippen LogP contribution in [0.2, 0.25) is 0 Å². The van der Waals surface area contributed by atoms with Crippen molar-refractivity contribution in [2.45, 2.75) is 0 Å². The van der Waals surface area contributed by atoms with Crippen molar-refractivity contribution >= 4 is 22.4 Å². The highest BCUT2D eigenvalue weighted by molar-refractivity contribution is 7.13. The second kappa shape index (κ2) is 5.85. The van der Waals surface area contributed by atoms with Crippen molar-refractivity contribution in [1.82, 2.24) is 10.3 Å². The third-order valence-electron chi connectivity index (χ3n) is 1.54. The number of nitrogens with zero attached hydrogens (tertiary/aromatic N) is 2. The SMILES string of the molecule is CNc1nc(C(=O)NCCO[N+](=O)[O-])cs1. The largest absolute Gasteiger partial charge is 0.365 e. The summed E-state index contributed by atoms with van der Waals surface area (Å²) in [5, 5.41) is 16.4. The number of amides is 1. The van der Waals surface area contributed by atoms with Gasteiger partial charge < -0.3 is 15.5 Å². The first-order chi connectivity index (χ1) is 7.63. The summed E-state index contributed by atoms with van der Waals surface area (Å²) in [5.74, 6) is -0.385. The van der Waals surface area contributed by atoms with Crippen molar-refractivity contribution in [2.75, 3.05) is 25.5 Å². The van der Waals surface area contributed by atoms with Crippen molar-refractivity contribution < 1.29 is 14.7 Å². The van der Waals surface area contributed by atoms with Crippen LogP contribution < -0.4 is 10.6 Å². The summed E-state index contributed by atoms with van der Waals surface area (Å²) >= 11 is 1.30. The summed E-state index contributed by atoms with van der Waals surface area (Å²) in [4.78, 5) is 29.2. The molecule has 1 amide bonds. The number of anilines is 1. The van der Waals surface area contributed by atoms with Crippen molar-refractivity contribution in [3.05, 3.63) is 21.2 Å². The summed E-state index contributed by atoms with van der Waals surface area (Å²) in [6.07, 6.45) is 0. The Morgan fingerprint density at radius 1 is 1.75 bits per heavy atom. The Morgan fingerprint density at radius 2 is 2.50 bits per heavy atom. The quantitative estimate of drug-likeness (QED) is 0.419. The van der Waals surface area contributed by atoms with Crippen LogP contribution in [0.15, 0.2) is 5.38 Å². The fraction of sp³-hybridized carbons (Fsp3) is 0.429. The number of carbonyl (C=O) groups excluding carboxylic acids is 1. The molecule has 0 aliphatic heterocycles. The average molecular weight is 246 g/mol. The van der Waals surface area contributed by atoms with Gasteiger partial charge in [-0.05, 0) is 0 Å². The predicted molar refractivity (Wildman–Crippen MR) is 56.9 cm³/mol. The molecule has 0 bridgehead atoms. The number of thiazole rings is 1. The van der Waals surface area contributed by atoms with Gasteiger partial charge in [0.2, 0.25) is 0 Å². The number of nitrogens with one attached hydrogen (secondary N) is 2. The summed E-state index contributed by atoms with van der Waals surface area (Å²) in [5.41, 5.74) is 0.274. The first kappa shape index (κ1) is 12.2. The van der Waals surface area contributed by atoms with E-state index in [-0.39, 0.29) is 24.8 Å². The predicted octanol–water partition coefficient (Wildman–Crippen LogP) is 0.123. The van der Waals surface area contributed by atoms with Crippen LogP contribution in [0.25, 0.3) is 0 Å². The molecule has 0 saturated heterocycles. The van der Waals surface area contributed by atoms with Crippen LogP contribution in [0.5, 0.6) is 0 Å². The van der Waals surface area contributed by atoms with E-state index < -0.39 is 5.09 Å². The zero-order chi connectivity index (χ0) is 12.0. The van der Waals surface area contributed by atoms with E-state index in [2.05, 4.69) is 20.5 Å². The van der Waals surface area contributed by atoms with E-state index in [9.17, 15) is 14.9 Å². The number of carbonyl (C=O) groups is 1. The van der Waals surface area contributed by atoms with Gasteiger partial charge in [0, 0.05) is 19.0 Å². The van der Waals surface area contributed by atoms with Gasteiger partial charge in [-0.1, -0.05) is 0 Å². The molecule has 0 saturated carbocycles. The van der Waals surface area contributed by atoms with E-state index in [1.54, 1.807) is 12.4 Å². The summed E-state index contributed by atoms with van der Waals surface area (Å²) in [6.45, 7) is -0.117. The van der Waals surface area contributed by atoms with Gasteiger partial charge in [0.15, 0.2) is 5.13 Å². The molecule has 1 aromatic rings. The lowest BCUT2D eigenvalue weighted by Gasteiger charge is -2.01. The minimum atomic E-state index is -0.909. The Hall–Kier alpha value is -1.90. The highest BCUT2D eigenvalue weighted by atomic mass is 32.1. The van der Waals surface area contributed by atoms with Crippen molar-refractivity contribution in [2.24, 2.45) is 0 Å². The third kappa shape index (κ3) is 3.69. The molecule has 0 spiro atoms. The topological polar surface area (TPSA) is 106 Å². The van der Waals surface area contributed by atoms with Crippen molar-refractivity contribution in [3.63, 3.8) is 0 Å². The van der Waals surface area contributed by atoms with Crippen molar-refractivity contribution in [1.29, 1.82) is 0 Å². The Kier molecular flexibility index (Phi) is 4.45. The Morgan fingerprint density at radius 3 is 3.06 bits per heavy atom. The van der Waals surface area contributed by atoms with Gasteiger partial charge in [0.05, 0.1) is 0 Å². The molecule has 88 valence electrons. The maximum absolute atomic E-state index is 11.4. The minimum Gasteiger partial charge on any atom is -0.365 e. The Labute approximate surface area is 94.7 Å². The van der Waals surface area contributed by atoms with Gasteiger partial charge in [0.1, 0.15) is 12.3 Å². The molecule has 9 heteroatoms. The minimum absolute atomic E-state index is 0.0617. The van der Waals surface area contributed by atoms with Crippen LogP contribution in [0.1, 0.15) is 10.5 Å². The van der Waals surface area contributed by atoms with Crippen molar-refractivity contribution in [3.8, 4) is 0 Å². The maximum Gasteiger partial charge on any atom is 0.294 e. The molecule has 1 rings (SSSR count). The van der Waals surface area contributed by atoms with Crippen LogP contribution in [0.4, 0.5) is 5.13 Å². The standard InChI is InChI=1S/C7H10N4O4S/c1-8-7-10-5(4-16-7)6(12)9-2-3-15-11(13)14/h4H,2-3H2,1H3,(H,8,10)(H,9,12). The lowest BCUT2D eigenvalue weighted by atomic mass is 10.4. The molecule has 16 heavy (non-hydrogen) atoms. The molecule has 0 atom stereocenters. The van der Waals surface area contributed by atoms with E-state index in [4.69, 9.17) is 0 Å². The first-order valence-corrected chi connectivity index (χ1v) is 5.20.